The monoisotopic (exact) mass is 521 g/mol. The maximum absolute atomic E-state index is 12.5. The summed E-state index contributed by atoms with van der Waals surface area (Å²) in [5, 5.41) is 22.8. The van der Waals surface area contributed by atoms with E-state index in [1.807, 2.05) is 30.3 Å². The van der Waals surface area contributed by atoms with Crippen LogP contribution >= 0.6 is 0 Å². The van der Waals surface area contributed by atoms with Crippen LogP contribution in [-0.2, 0) is 4.74 Å². The first kappa shape index (κ1) is 29.9. The van der Waals surface area contributed by atoms with Gasteiger partial charge in [0.2, 0.25) is 0 Å². The molecule has 1 aliphatic rings. The highest BCUT2D eigenvalue weighted by Crippen LogP contribution is 2.44. The molecule has 0 spiro atoms. The van der Waals surface area contributed by atoms with Crippen molar-refractivity contribution in [1.82, 2.24) is 5.32 Å². The Morgan fingerprint density at radius 3 is 1.95 bits per heavy atom. The third-order valence-corrected chi connectivity index (χ3v) is 7.56. The van der Waals surface area contributed by atoms with Crippen molar-refractivity contribution in [3.63, 3.8) is 0 Å². The molecule has 38 heavy (non-hydrogen) atoms. The highest BCUT2D eigenvalue weighted by molar-refractivity contribution is 5.79. The average Bonchev–Trinajstić information content (AvgIpc) is 3.26. The second-order valence-electron chi connectivity index (χ2n) is 10.5. The van der Waals surface area contributed by atoms with Crippen molar-refractivity contribution >= 4 is 6.09 Å². The second kappa shape index (κ2) is 17.1. The lowest BCUT2D eigenvalue weighted by Gasteiger charge is -2.21. The van der Waals surface area contributed by atoms with E-state index < -0.39 is 18.2 Å². The Morgan fingerprint density at radius 2 is 1.39 bits per heavy atom. The number of alkyl carbamates (subject to hydrolysis) is 1. The van der Waals surface area contributed by atoms with Crippen LogP contribution in [0.2, 0.25) is 0 Å². The molecule has 0 radical (unpaired) electrons. The van der Waals surface area contributed by atoms with Gasteiger partial charge in [-0.25, -0.2) is 4.79 Å². The number of benzene rings is 2. The molecular weight excluding hydrogens is 474 g/mol. The fraction of sp³-hybridized carbons (Fsp3) is 0.545. The van der Waals surface area contributed by atoms with Crippen molar-refractivity contribution in [1.29, 1.82) is 0 Å². The first-order valence-corrected chi connectivity index (χ1v) is 14.7. The highest BCUT2D eigenvalue weighted by atomic mass is 16.5. The third kappa shape index (κ3) is 9.28. The van der Waals surface area contributed by atoms with Crippen LogP contribution in [0.3, 0.4) is 0 Å². The van der Waals surface area contributed by atoms with E-state index in [1.165, 1.54) is 75.3 Å². The molecule has 2 atom stereocenters. The van der Waals surface area contributed by atoms with Gasteiger partial charge in [0.05, 0.1) is 18.8 Å². The zero-order valence-corrected chi connectivity index (χ0v) is 23.1. The molecule has 1 aliphatic carbocycles. The minimum absolute atomic E-state index is 0.0312. The maximum atomic E-state index is 12.5. The van der Waals surface area contributed by atoms with Crippen LogP contribution in [0.5, 0.6) is 0 Å². The number of fused-ring (bicyclic) bond motifs is 3. The molecule has 1 unspecified atom stereocenters. The van der Waals surface area contributed by atoms with E-state index in [-0.39, 0.29) is 19.1 Å². The number of rotatable bonds is 18. The smallest absolute Gasteiger partial charge is 0.407 e. The second-order valence-corrected chi connectivity index (χ2v) is 10.5. The largest absolute Gasteiger partial charge is 0.449 e. The predicted molar refractivity (Wildman–Crippen MR) is 155 cm³/mol. The van der Waals surface area contributed by atoms with Gasteiger partial charge in [0.1, 0.15) is 6.61 Å². The Labute approximate surface area is 229 Å². The zero-order chi connectivity index (χ0) is 27.0. The number of hydrogen-bond acceptors (Lipinski definition) is 4. The van der Waals surface area contributed by atoms with Crippen LogP contribution in [0.4, 0.5) is 4.79 Å². The van der Waals surface area contributed by atoms with E-state index in [0.29, 0.717) is 0 Å². The number of unbranched alkanes of at least 4 members (excludes halogenated alkanes) is 11. The molecule has 0 aliphatic heterocycles. The molecule has 3 N–H and O–H groups in total. The molecular formula is C33H47NO4. The van der Waals surface area contributed by atoms with Crippen LogP contribution in [0.15, 0.2) is 60.7 Å². The number of aliphatic hydroxyl groups excluding tert-OH is 2. The molecule has 0 aromatic heterocycles. The number of ether oxygens (including phenoxy) is 1. The molecule has 0 heterocycles. The first-order valence-electron chi connectivity index (χ1n) is 14.7. The van der Waals surface area contributed by atoms with Crippen molar-refractivity contribution in [2.24, 2.45) is 0 Å². The summed E-state index contributed by atoms with van der Waals surface area (Å²) in [4.78, 5) is 12.5. The Morgan fingerprint density at radius 1 is 0.868 bits per heavy atom. The number of nitrogens with one attached hydrogen (secondary N) is 1. The summed E-state index contributed by atoms with van der Waals surface area (Å²) in [5.41, 5.74) is 4.63. The average molecular weight is 522 g/mol. The lowest BCUT2D eigenvalue weighted by atomic mass is 9.98. The van der Waals surface area contributed by atoms with E-state index in [9.17, 15) is 15.0 Å². The Hall–Kier alpha value is -2.63. The van der Waals surface area contributed by atoms with E-state index in [0.717, 1.165) is 24.0 Å². The highest BCUT2D eigenvalue weighted by Gasteiger charge is 2.29. The van der Waals surface area contributed by atoms with Gasteiger partial charge in [-0.05, 0) is 35.1 Å². The van der Waals surface area contributed by atoms with E-state index in [2.05, 4.69) is 36.5 Å². The number of aliphatic hydroxyl groups is 2. The van der Waals surface area contributed by atoms with Crippen LogP contribution < -0.4 is 5.32 Å². The fourth-order valence-corrected chi connectivity index (χ4v) is 5.33. The van der Waals surface area contributed by atoms with Crippen LogP contribution in [0.25, 0.3) is 11.1 Å². The van der Waals surface area contributed by atoms with Crippen LogP contribution in [0.1, 0.15) is 101 Å². The SMILES string of the molecule is CCCCCCCCCCCCC/C=C\C(O)[C@@H](CO)NC(=O)OCC1c2ccccc2-c2ccccc21. The Kier molecular flexibility index (Phi) is 13.4. The molecule has 0 bridgehead atoms. The van der Waals surface area contributed by atoms with Crippen molar-refractivity contribution in [2.45, 2.75) is 102 Å². The van der Waals surface area contributed by atoms with E-state index in [4.69, 9.17) is 4.74 Å². The van der Waals surface area contributed by atoms with Crippen molar-refractivity contribution in [3.8, 4) is 11.1 Å². The summed E-state index contributed by atoms with van der Waals surface area (Å²) >= 11 is 0. The molecule has 1 amide bonds. The standard InChI is InChI=1S/C33H47NO4/c1-2-3-4-5-6-7-8-9-10-11-12-13-14-23-32(36)31(24-35)34-33(37)38-25-30-28-21-17-15-19-26(28)27-20-16-18-22-29(27)30/h14-23,30-32,35-36H,2-13,24-25H2,1H3,(H,34,37)/b23-14-/t31-,32?/m1/s1. The fourth-order valence-electron chi connectivity index (χ4n) is 5.33. The lowest BCUT2D eigenvalue weighted by molar-refractivity contribution is 0.0990. The summed E-state index contributed by atoms with van der Waals surface area (Å²) in [6.45, 7) is 2.09. The van der Waals surface area contributed by atoms with Crippen molar-refractivity contribution < 1.29 is 19.7 Å². The lowest BCUT2D eigenvalue weighted by Crippen LogP contribution is -2.45. The predicted octanol–water partition coefficient (Wildman–Crippen LogP) is 7.50. The van der Waals surface area contributed by atoms with E-state index >= 15 is 0 Å². The first-order chi connectivity index (χ1) is 18.7. The Bertz CT molecular complexity index is 943. The van der Waals surface area contributed by atoms with Crippen LogP contribution in [-0.4, -0.2) is 41.7 Å². The van der Waals surface area contributed by atoms with Gasteiger partial charge in [-0.15, -0.1) is 0 Å². The van der Waals surface area contributed by atoms with Crippen LogP contribution in [0, 0.1) is 0 Å². The number of carbonyl (C=O) groups excluding carboxylic acids is 1. The molecule has 3 rings (SSSR count). The molecule has 0 saturated carbocycles. The summed E-state index contributed by atoms with van der Waals surface area (Å²) in [7, 11) is 0. The molecule has 5 nitrogen and oxygen atoms in total. The molecule has 0 saturated heterocycles. The molecule has 208 valence electrons. The molecule has 0 fully saturated rings. The quantitative estimate of drug-likeness (QED) is 0.140. The normalized spacial score (nSPS) is 14.3. The minimum atomic E-state index is -0.965. The number of allylic oxidation sites excluding steroid dienone is 1. The van der Waals surface area contributed by atoms with Gasteiger partial charge in [-0.2, -0.15) is 0 Å². The van der Waals surface area contributed by atoms with Crippen molar-refractivity contribution in [2.75, 3.05) is 13.2 Å². The van der Waals surface area contributed by atoms with Gasteiger partial charge in [-0.3, -0.25) is 0 Å². The number of carbonyl (C=O) groups is 1. The minimum Gasteiger partial charge on any atom is -0.449 e. The van der Waals surface area contributed by atoms with E-state index in [1.54, 1.807) is 6.08 Å². The maximum Gasteiger partial charge on any atom is 0.407 e. The summed E-state index contributed by atoms with van der Waals surface area (Å²) in [6, 6.07) is 15.6. The topological polar surface area (TPSA) is 78.8 Å². The summed E-state index contributed by atoms with van der Waals surface area (Å²) in [6.07, 6.45) is 17.2. The van der Waals surface area contributed by atoms with Gasteiger partial charge >= 0.3 is 6.09 Å². The van der Waals surface area contributed by atoms with Crippen molar-refractivity contribution in [3.05, 3.63) is 71.8 Å². The van der Waals surface area contributed by atoms with Gasteiger partial charge in [0, 0.05) is 5.92 Å². The van der Waals surface area contributed by atoms with Gasteiger partial charge < -0.3 is 20.3 Å². The Balaban J connectivity index is 1.32. The number of amides is 1. The summed E-state index contributed by atoms with van der Waals surface area (Å²) in [5.74, 6) is -0.0312. The van der Waals surface area contributed by atoms with Gasteiger partial charge in [-0.1, -0.05) is 132 Å². The third-order valence-electron chi connectivity index (χ3n) is 7.56. The molecule has 2 aromatic rings. The molecule has 5 heteroatoms. The number of hydrogen-bond donors (Lipinski definition) is 3. The van der Waals surface area contributed by atoms with Gasteiger partial charge in [0.25, 0.3) is 0 Å². The molecule has 2 aromatic carbocycles. The van der Waals surface area contributed by atoms with Gasteiger partial charge in [0.15, 0.2) is 0 Å². The zero-order valence-electron chi connectivity index (χ0n) is 23.1. The summed E-state index contributed by atoms with van der Waals surface area (Å²) < 4.78 is 5.55.